The largest absolute Gasteiger partial charge is 0.396 e. The maximum absolute atomic E-state index is 11.5. The maximum atomic E-state index is 11.5. The number of unbranched alkanes of at least 4 members (excludes halogenated alkanes) is 4. The molecule has 5 nitrogen and oxygen atoms in total. The quantitative estimate of drug-likeness (QED) is 0.342. The third-order valence-electron chi connectivity index (χ3n) is 2.45. The third-order valence-corrected chi connectivity index (χ3v) is 2.78. The Morgan fingerprint density at radius 3 is 1.83 bits per heavy atom. The highest BCUT2D eigenvalue weighted by Crippen LogP contribution is 1.93. The lowest BCUT2D eigenvalue weighted by molar-refractivity contribution is -0.114. The average molecular weight is 276 g/mol. The van der Waals surface area contributed by atoms with Crippen LogP contribution in [0.1, 0.15) is 38.5 Å². The van der Waals surface area contributed by atoms with Crippen LogP contribution < -0.4 is 10.6 Å². The lowest BCUT2D eigenvalue weighted by Crippen LogP contribution is -2.39. The Balaban J connectivity index is 3.43. The minimum Gasteiger partial charge on any atom is -0.396 e. The van der Waals surface area contributed by atoms with Crippen molar-refractivity contribution in [1.29, 1.82) is 0 Å². The van der Waals surface area contributed by atoms with E-state index in [2.05, 4.69) is 10.6 Å². The number of carbonyl (C=O) groups excluding carboxylic acids is 1. The van der Waals surface area contributed by atoms with E-state index in [4.69, 9.17) is 22.4 Å². The minimum atomic E-state index is -0.240. The molecule has 0 unspecified atom stereocenters. The van der Waals surface area contributed by atoms with Crippen molar-refractivity contribution in [3.63, 3.8) is 0 Å². The smallest absolute Gasteiger partial charge is 0.278 e. The van der Waals surface area contributed by atoms with E-state index in [1.165, 1.54) is 0 Å². The number of carbonyl (C=O) groups is 1. The van der Waals surface area contributed by atoms with Crippen LogP contribution in [0.4, 0.5) is 0 Å². The van der Waals surface area contributed by atoms with Crippen LogP contribution in [-0.2, 0) is 4.79 Å². The van der Waals surface area contributed by atoms with E-state index in [-0.39, 0.29) is 24.1 Å². The van der Waals surface area contributed by atoms with Crippen LogP contribution in [0, 0.1) is 0 Å². The van der Waals surface area contributed by atoms with Crippen molar-refractivity contribution in [3.8, 4) is 0 Å². The molecule has 0 aromatic rings. The van der Waals surface area contributed by atoms with Crippen molar-refractivity contribution in [2.45, 2.75) is 38.5 Å². The molecule has 0 aliphatic heterocycles. The normalized spacial score (nSPS) is 10.1. The monoisotopic (exact) mass is 276 g/mol. The van der Waals surface area contributed by atoms with Gasteiger partial charge in [0.1, 0.15) is 0 Å². The van der Waals surface area contributed by atoms with Gasteiger partial charge in [0.2, 0.25) is 0 Å². The molecule has 106 valence electrons. The van der Waals surface area contributed by atoms with Crippen LogP contribution in [0.15, 0.2) is 0 Å². The van der Waals surface area contributed by atoms with Crippen LogP contribution in [0.3, 0.4) is 0 Å². The van der Waals surface area contributed by atoms with Crippen molar-refractivity contribution >= 4 is 23.1 Å². The first kappa shape index (κ1) is 17.3. The summed E-state index contributed by atoms with van der Waals surface area (Å²) in [6.07, 6.45) is 5.12. The van der Waals surface area contributed by atoms with Crippen molar-refractivity contribution < 1.29 is 15.0 Å². The van der Waals surface area contributed by atoms with E-state index in [1.54, 1.807) is 0 Å². The van der Waals surface area contributed by atoms with Crippen molar-refractivity contribution in [2.24, 2.45) is 0 Å². The minimum absolute atomic E-state index is 0.196. The number of aliphatic hydroxyl groups excluding tert-OH is 2. The molecule has 0 saturated heterocycles. The fraction of sp³-hybridized carbons (Fsp3) is 0.833. The van der Waals surface area contributed by atoms with E-state index in [0.29, 0.717) is 13.1 Å². The molecular weight excluding hydrogens is 252 g/mol. The third kappa shape index (κ3) is 10.4. The highest BCUT2D eigenvalue weighted by molar-refractivity contribution is 7.82. The van der Waals surface area contributed by atoms with Gasteiger partial charge in [-0.1, -0.05) is 12.2 Å². The average Bonchev–Trinajstić information content (AvgIpc) is 2.37. The topological polar surface area (TPSA) is 81.6 Å². The van der Waals surface area contributed by atoms with E-state index < -0.39 is 0 Å². The van der Waals surface area contributed by atoms with E-state index in [1.807, 2.05) is 0 Å². The van der Waals surface area contributed by atoms with Gasteiger partial charge in [-0.2, -0.15) is 0 Å². The van der Waals surface area contributed by atoms with Crippen LogP contribution in [-0.4, -0.2) is 47.4 Å². The number of nitrogens with one attached hydrogen (secondary N) is 2. The second-order valence-electron chi connectivity index (χ2n) is 4.08. The summed E-state index contributed by atoms with van der Waals surface area (Å²) >= 11 is 4.94. The number of rotatable bonds is 10. The fourth-order valence-electron chi connectivity index (χ4n) is 1.39. The van der Waals surface area contributed by atoms with Crippen LogP contribution in [0.5, 0.6) is 0 Å². The van der Waals surface area contributed by atoms with Crippen molar-refractivity contribution in [1.82, 2.24) is 10.6 Å². The highest BCUT2D eigenvalue weighted by atomic mass is 32.1. The van der Waals surface area contributed by atoms with Gasteiger partial charge in [-0.15, -0.1) is 0 Å². The van der Waals surface area contributed by atoms with Gasteiger partial charge < -0.3 is 20.8 Å². The lowest BCUT2D eigenvalue weighted by atomic mass is 10.2. The molecule has 0 aromatic heterocycles. The van der Waals surface area contributed by atoms with Crippen LogP contribution in [0.25, 0.3) is 0 Å². The van der Waals surface area contributed by atoms with Crippen molar-refractivity contribution in [2.75, 3.05) is 26.3 Å². The summed E-state index contributed by atoms with van der Waals surface area (Å²) in [6.45, 7) is 1.66. The highest BCUT2D eigenvalue weighted by Gasteiger charge is 2.06. The number of aliphatic hydroxyl groups is 2. The summed E-state index contributed by atoms with van der Waals surface area (Å²) in [5.74, 6) is -0.240. The van der Waals surface area contributed by atoms with E-state index in [0.717, 1.165) is 38.5 Å². The summed E-state index contributed by atoms with van der Waals surface area (Å²) in [5, 5.41) is 22.8. The Hall–Kier alpha value is -0.720. The van der Waals surface area contributed by atoms with Gasteiger partial charge in [-0.05, 0) is 38.5 Å². The number of thiocarbonyl (C=S) groups is 1. The molecular formula is C12H24N2O3S. The SMILES string of the molecule is O=C(NCCCCCO)C(=S)NCCCCCO. The predicted molar refractivity (Wildman–Crippen MR) is 75.5 cm³/mol. The molecule has 0 spiro atoms. The second-order valence-corrected chi connectivity index (χ2v) is 4.49. The van der Waals surface area contributed by atoms with Gasteiger partial charge in [0.15, 0.2) is 4.99 Å². The predicted octanol–water partition coefficient (Wildman–Crippen LogP) is 0.345. The summed E-state index contributed by atoms with van der Waals surface area (Å²) in [5.41, 5.74) is 0. The molecule has 0 saturated carbocycles. The summed E-state index contributed by atoms with van der Waals surface area (Å²) < 4.78 is 0. The molecule has 0 fully saturated rings. The number of hydrogen-bond acceptors (Lipinski definition) is 4. The second kappa shape index (κ2) is 12.7. The van der Waals surface area contributed by atoms with E-state index >= 15 is 0 Å². The first-order valence-corrected chi connectivity index (χ1v) is 6.91. The Bertz CT molecular complexity index is 213. The standard InChI is InChI=1S/C12H24N2O3S/c15-9-5-1-3-7-13-11(17)12(18)14-8-4-2-6-10-16/h15-16H,1-10H2,(H,13,17)(H,14,18). The van der Waals surface area contributed by atoms with Gasteiger partial charge in [0.05, 0.1) is 0 Å². The molecule has 0 aliphatic rings. The van der Waals surface area contributed by atoms with E-state index in [9.17, 15) is 4.79 Å². The Morgan fingerprint density at radius 1 is 0.833 bits per heavy atom. The number of amides is 1. The van der Waals surface area contributed by atoms with Gasteiger partial charge in [-0.25, -0.2) is 0 Å². The molecule has 0 aliphatic carbocycles. The van der Waals surface area contributed by atoms with Gasteiger partial charge >= 0.3 is 0 Å². The molecule has 18 heavy (non-hydrogen) atoms. The van der Waals surface area contributed by atoms with Crippen molar-refractivity contribution in [3.05, 3.63) is 0 Å². The molecule has 0 rings (SSSR count). The zero-order valence-corrected chi connectivity index (χ0v) is 11.6. The first-order valence-electron chi connectivity index (χ1n) is 6.50. The molecule has 0 heterocycles. The maximum Gasteiger partial charge on any atom is 0.278 e. The zero-order valence-electron chi connectivity index (χ0n) is 10.8. The van der Waals surface area contributed by atoms with Crippen LogP contribution in [0.2, 0.25) is 0 Å². The molecule has 0 radical (unpaired) electrons. The fourth-order valence-corrected chi connectivity index (χ4v) is 1.57. The molecule has 0 bridgehead atoms. The Kier molecular flexibility index (Phi) is 12.2. The van der Waals surface area contributed by atoms with Crippen LogP contribution >= 0.6 is 12.2 Å². The van der Waals surface area contributed by atoms with Gasteiger partial charge in [0, 0.05) is 26.3 Å². The lowest BCUT2D eigenvalue weighted by Gasteiger charge is -2.08. The summed E-state index contributed by atoms with van der Waals surface area (Å²) in [6, 6.07) is 0. The summed E-state index contributed by atoms with van der Waals surface area (Å²) in [7, 11) is 0. The first-order chi connectivity index (χ1) is 8.72. The van der Waals surface area contributed by atoms with Gasteiger partial charge in [-0.3, -0.25) is 4.79 Å². The molecule has 4 N–H and O–H groups in total. The van der Waals surface area contributed by atoms with Gasteiger partial charge in [0.25, 0.3) is 5.91 Å². The molecule has 0 atom stereocenters. The Morgan fingerprint density at radius 2 is 1.33 bits per heavy atom. The summed E-state index contributed by atoms with van der Waals surface area (Å²) in [4.78, 5) is 11.7. The number of hydrogen-bond donors (Lipinski definition) is 4. The zero-order chi connectivity index (χ0) is 13.6. The molecule has 0 aromatic carbocycles. The molecule has 6 heteroatoms. The Labute approximate surface area is 114 Å². The molecule has 1 amide bonds.